The lowest BCUT2D eigenvalue weighted by molar-refractivity contribution is -0.192. The Labute approximate surface area is 154 Å². The van der Waals surface area contributed by atoms with Gasteiger partial charge < -0.3 is 10.4 Å². The Bertz CT molecular complexity index is 694. The van der Waals surface area contributed by atoms with E-state index in [4.69, 9.17) is 21.5 Å². The SMILES string of the molecule is Cn1cc(I)c(CNCc2cncc(Cl)c2)n1.O=C(O)C(F)(F)F. The molecule has 0 fully saturated rings. The molecule has 0 radical (unpaired) electrons. The summed E-state index contributed by atoms with van der Waals surface area (Å²) in [6, 6.07) is 1.91. The molecule has 24 heavy (non-hydrogen) atoms. The molecule has 11 heteroatoms. The van der Waals surface area contributed by atoms with E-state index < -0.39 is 12.1 Å². The highest BCUT2D eigenvalue weighted by molar-refractivity contribution is 14.1. The lowest BCUT2D eigenvalue weighted by Gasteiger charge is -2.03. The molecule has 132 valence electrons. The third kappa shape index (κ3) is 7.45. The molecule has 2 N–H and O–H groups in total. The number of rotatable bonds is 4. The molecule has 0 aliphatic carbocycles. The van der Waals surface area contributed by atoms with Crippen LogP contribution in [0.4, 0.5) is 13.2 Å². The average molecular weight is 477 g/mol. The number of pyridine rings is 1. The maximum absolute atomic E-state index is 10.6. The van der Waals surface area contributed by atoms with Crippen LogP contribution in [0.3, 0.4) is 0 Å². The van der Waals surface area contributed by atoms with Crippen LogP contribution in [-0.2, 0) is 24.9 Å². The van der Waals surface area contributed by atoms with Crippen LogP contribution in [0.15, 0.2) is 24.7 Å². The van der Waals surface area contributed by atoms with Gasteiger partial charge in [-0.2, -0.15) is 18.3 Å². The molecule has 0 amide bonds. The van der Waals surface area contributed by atoms with E-state index in [0.29, 0.717) is 5.02 Å². The molecule has 2 rings (SSSR count). The lowest BCUT2D eigenvalue weighted by Crippen LogP contribution is -2.21. The van der Waals surface area contributed by atoms with E-state index in [0.717, 1.165) is 24.3 Å². The first kappa shape index (κ1) is 20.6. The Morgan fingerprint density at radius 1 is 1.42 bits per heavy atom. The molecular formula is C13H13ClF3IN4O2. The van der Waals surface area contributed by atoms with E-state index in [9.17, 15) is 13.2 Å². The van der Waals surface area contributed by atoms with Crippen LogP contribution in [0.2, 0.25) is 5.02 Å². The minimum atomic E-state index is -5.08. The van der Waals surface area contributed by atoms with Crippen molar-refractivity contribution in [3.8, 4) is 0 Å². The van der Waals surface area contributed by atoms with Gasteiger partial charge >= 0.3 is 12.1 Å². The van der Waals surface area contributed by atoms with Gasteiger partial charge in [0.15, 0.2) is 0 Å². The first-order valence-corrected chi connectivity index (χ1v) is 7.83. The van der Waals surface area contributed by atoms with E-state index >= 15 is 0 Å². The quantitative estimate of drug-likeness (QED) is 0.664. The fraction of sp³-hybridized carbons (Fsp3) is 0.308. The van der Waals surface area contributed by atoms with Crippen LogP contribution in [0.1, 0.15) is 11.3 Å². The highest BCUT2D eigenvalue weighted by atomic mass is 127. The largest absolute Gasteiger partial charge is 0.490 e. The van der Waals surface area contributed by atoms with Gasteiger partial charge in [-0.05, 0) is 34.2 Å². The molecule has 0 aliphatic heterocycles. The average Bonchev–Trinajstić information content (AvgIpc) is 2.77. The Hall–Kier alpha value is -1.40. The van der Waals surface area contributed by atoms with Crippen LogP contribution in [0.5, 0.6) is 0 Å². The molecule has 2 aromatic rings. The van der Waals surface area contributed by atoms with Gasteiger partial charge in [0.2, 0.25) is 0 Å². The minimum Gasteiger partial charge on any atom is -0.475 e. The summed E-state index contributed by atoms with van der Waals surface area (Å²) in [5, 5.41) is 15.5. The van der Waals surface area contributed by atoms with Gasteiger partial charge in [0.05, 0.1) is 14.3 Å². The summed E-state index contributed by atoms with van der Waals surface area (Å²) in [4.78, 5) is 12.9. The number of aliphatic carboxylic acids is 1. The van der Waals surface area contributed by atoms with Gasteiger partial charge in [-0.1, -0.05) is 11.6 Å². The van der Waals surface area contributed by atoms with Crippen LogP contribution in [-0.4, -0.2) is 32.0 Å². The van der Waals surface area contributed by atoms with E-state index in [1.54, 1.807) is 6.20 Å². The number of hydrogen-bond acceptors (Lipinski definition) is 4. The zero-order valence-corrected chi connectivity index (χ0v) is 15.2. The molecular weight excluding hydrogens is 464 g/mol. The second-order valence-electron chi connectivity index (χ2n) is 4.52. The number of carboxylic acids is 1. The molecule has 0 unspecified atom stereocenters. The van der Waals surface area contributed by atoms with Gasteiger partial charge in [0.25, 0.3) is 0 Å². The number of carboxylic acid groups (broad SMARTS) is 1. The molecule has 0 saturated heterocycles. The van der Waals surface area contributed by atoms with Gasteiger partial charge in [-0.15, -0.1) is 0 Å². The number of aromatic nitrogens is 3. The molecule has 0 aromatic carbocycles. The molecule has 2 heterocycles. The zero-order valence-electron chi connectivity index (χ0n) is 12.3. The Kier molecular flexibility index (Phi) is 7.90. The van der Waals surface area contributed by atoms with Gasteiger partial charge in [-0.3, -0.25) is 9.67 Å². The summed E-state index contributed by atoms with van der Waals surface area (Å²) in [5.74, 6) is -2.76. The lowest BCUT2D eigenvalue weighted by atomic mass is 10.3. The van der Waals surface area contributed by atoms with Crippen LogP contribution >= 0.6 is 34.2 Å². The van der Waals surface area contributed by atoms with Gasteiger partial charge in [0.1, 0.15) is 0 Å². The van der Waals surface area contributed by atoms with Crippen LogP contribution < -0.4 is 5.32 Å². The number of alkyl halides is 3. The number of halogens is 5. The van der Waals surface area contributed by atoms with Crippen LogP contribution in [0, 0.1) is 3.57 Å². The minimum absolute atomic E-state index is 0.664. The molecule has 6 nitrogen and oxygen atoms in total. The summed E-state index contributed by atoms with van der Waals surface area (Å²) in [7, 11) is 1.92. The topological polar surface area (TPSA) is 80.0 Å². The van der Waals surface area contributed by atoms with Crippen molar-refractivity contribution in [2.75, 3.05) is 0 Å². The number of nitrogens with zero attached hydrogens (tertiary/aromatic N) is 3. The number of nitrogens with one attached hydrogen (secondary N) is 1. The highest BCUT2D eigenvalue weighted by Crippen LogP contribution is 2.13. The first-order valence-electron chi connectivity index (χ1n) is 6.38. The van der Waals surface area contributed by atoms with Crippen molar-refractivity contribution in [2.45, 2.75) is 19.3 Å². The normalized spacial score (nSPS) is 10.9. The predicted octanol–water partition coefficient (Wildman–Crippen LogP) is 3.00. The van der Waals surface area contributed by atoms with Crippen molar-refractivity contribution in [1.29, 1.82) is 0 Å². The third-order valence-corrected chi connectivity index (χ3v) is 3.59. The second-order valence-corrected chi connectivity index (χ2v) is 6.11. The Balaban J connectivity index is 0.000000351. The number of hydrogen-bond donors (Lipinski definition) is 2. The molecule has 0 atom stereocenters. The summed E-state index contributed by atoms with van der Waals surface area (Å²) >= 11 is 8.15. The third-order valence-electron chi connectivity index (χ3n) is 2.48. The fourth-order valence-electron chi connectivity index (χ4n) is 1.50. The summed E-state index contributed by atoms with van der Waals surface area (Å²) in [6.07, 6.45) is 0.355. The van der Waals surface area contributed by atoms with E-state index in [2.05, 4.69) is 38.0 Å². The smallest absolute Gasteiger partial charge is 0.475 e. The van der Waals surface area contributed by atoms with Gasteiger partial charge in [-0.25, -0.2) is 4.79 Å². The molecule has 0 spiro atoms. The van der Waals surface area contributed by atoms with Crippen molar-refractivity contribution in [3.05, 3.63) is 44.5 Å². The monoisotopic (exact) mass is 476 g/mol. The van der Waals surface area contributed by atoms with E-state index in [1.165, 1.54) is 3.57 Å². The molecule has 0 bridgehead atoms. The van der Waals surface area contributed by atoms with Crippen molar-refractivity contribution >= 4 is 40.2 Å². The number of aryl methyl sites for hydroxylation is 1. The zero-order chi connectivity index (χ0) is 18.3. The van der Waals surface area contributed by atoms with Crippen molar-refractivity contribution in [1.82, 2.24) is 20.1 Å². The highest BCUT2D eigenvalue weighted by Gasteiger charge is 2.38. The Morgan fingerprint density at radius 3 is 2.50 bits per heavy atom. The summed E-state index contributed by atoms with van der Waals surface area (Å²) < 4.78 is 34.7. The predicted molar refractivity (Wildman–Crippen MR) is 89.4 cm³/mol. The van der Waals surface area contributed by atoms with E-state index in [1.807, 2.05) is 30.2 Å². The van der Waals surface area contributed by atoms with Crippen molar-refractivity contribution in [3.63, 3.8) is 0 Å². The summed E-state index contributed by atoms with van der Waals surface area (Å²) in [5.41, 5.74) is 2.13. The summed E-state index contributed by atoms with van der Waals surface area (Å²) in [6.45, 7) is 1.48. The molecule has 2 aromatic heterocycles. The van der Waals surface area contributed by atoms with Crippen molar-refractivity contribution in [2.24, 2.45) is 7.05 Å². The maximum Gasteiger partial charge on any atom is 0.490 e. The molecule has 0 saturated carbocycles. The maximum atomic E-state index is 10.6. The van der Waals surface area contributed by atoms with Crippen molar-refractivity contribution < 1.29 is 23.1 Å². The molecule has 0 aliphatic rings. The van der Waals surface area contributed by atoms with Crippen LogP contribution in [0.25, 0.3) is 0 Å². The first-order chi connectivity index (χ1) is 11.1. The Morgan fingerprint density at radius 2 is 2.04 bits per heavy atom. The fourth-order valence-corrected chi connectivity index (χ4v) is 2.40. The van der Waals surface area contributed by atoms with E-state index in [-0.39, 0.29) is 0 Å². The van der Waals surface area contributed by atoms with Gasteiger partial charge in [0, 0.05) is 38.7 Å². The standard InChI is InChI=1S/C11H12ClIN4.C2HF3O2/c1-17-7-10(13)11(16-17)6-15-4-8-2-9(12)5-14-3-8;3-2(4,5)1(6)7/h2-3,5,7,15H,4,6H2,1H3;(H,6,7). The number of carbonyl (C=O) groups is 1. The second kappa shape index (κ2) is 9.18.